The van der Waals surface area contributed by atoms with Crippen molar-refractivity contribution in [2.75, 3.05) is 13.2 Å². The Balaban J connectivity index is 1.84. The van der Waals surface area contributed by atoms with Crippen molar-refractivity contribution in [3.8, 4) is 5.75 Å². The number of pyridine rings is 1. The van der Waals surface area contributed by atoms with Crippen molar-refractivity contribution in [2.24, 2.45) is 0 Å². The van der Waals surface area contributed by atoms with E-state index >= 15 is 0 Å². The molecule has 1 aromatic heterocycles. The van der Waals surface area contributed by atoms with E-state index in [9.17, 15) is 0 Å². The maximum atomic E-state index is 5.64. The molecule has 2 heterocycles. The lowest BCUT2D eigenvalue weighted by Gasteiger charge is -2.22. The molecule has 0 spiro atoms. The lowest BCUT2D eigenvalue weighted by Crippen LogP contribution is -2.25. The highest BCUT2D eigenvalue weighted by Gasteiger charge is 2.14. The van der Waals surface area contributed by atoms with Crippen LogP contribution in [0.4, 0.5) is 0 Å². The summed E-state index contributed by atoms with van der Waals surface area (Å²) in [7, 11) is 0. The fourth-order valence-electron chi connectivity index (χ4n) is 1.59. The van der Waals surface area contributed by atoms with Gasteiger partial charge in [0.05, 0.1) is 16.8 Å². The minimum Gasteiger partial charge on any atom is -0.488 e. The molecule has 1 fully saturated rings. The van der Waals surface area contributed by atoms with E-state index in [-0.39, 0.29) is 6.10 Å². The molecule has 4 heteroatoms. The lowest BCUT2D eigenvalue weighted by molar-refractivity contribution is -0.0112. The Morgan fingerprint density at radius 1 is 1.53 bits per heavy atom. The molecule has 0 aliphatic carbocycles. The van der Waals surface area contributed by atoms with E-state index in [1.54, 1.807) is 12.4 Å². The average Bonchev–Trinajstić information content (AvgIpc) is 2.29. The van der Waals surface area contributed by atoms with Crippen LogP contribution in [0.15, 0.2) is 22.9 Å². The molecule has 1 atom stereocenters. The van der Waals surface area contributed by atoms with Gasteiger partial charge in [-0.3, -0.25) is 4.98 Å². The lowest BCUT2D eigenvalue weighted by atomic mass is 10.1. The van der Waals surface area contributed by atoms with Gasteiger partial charge in [-0.15, -0.1) is 0 Å². The van der Waals surface area contributed by atoms with E-state index in [1.807, 2.05) is 6.07 Å². The molecule has 0 aromatic carbocycles. The molecule has 1 aliphatic rings. The number of hydrogen-bond donors (Lipinski definition) is 0. The van der Waals surface area contributed by atoms with Gasteiger partial charge in [-0.25, -0.2) is 0 Å². The molecule has 0 amide bonds. The zero-order valence-electron chi connectivity index (χ0n) is 8.49. The third kappa shape index (κ3) is 3.18. The van der Waals surface area contributed by atoms with E-state index in [1.165, 1.54) is 12.8 Å². The second kappa shape index (κ2) is 5.47. The molecule has 82 valence electrons. The number of nitrogens with zero attached hydrogens (tertiary/aromatic N) is 1. The van der Waals surface area contributed by atoms with Crippen LogP contribution in [0.25, 0.3) is 0 Å². The van der Waals surface area contributed by atoms with Crippen LogP contribution >= 0.6 is 15.9 Å². The van der Waals surface area contributed by atoms with Crippen molar-refractivity contribution in [2.45, 2.75) is 25.4 Å². The first-order valence-electron chi connectivity index (χ1n) is 5.20. The normalized spacial score (nSPS) is 21.3. The monoisotopic (exact) mass is 271 g/mol. The van der Waals surface area contributed by atoms with Crippen LogP contribution in [0.2, 0.25) is 0 Å². The summed E-state index contributed by atoms with van der Waals surface area (Å²) in [6.45, 7) is 1.48. The molecule has 15 heavy (non-hydrogen) atoms. The highest BCUT2D eigenvalue weighted by Crippen LogP contribution is 2.23. The van der Waals surface area contributed by atoms with Crippen LogP contribution in [0.3, 0.4) is 0 Å². The standard InChI is InChI=1S/C11H14BrNO2/c12-10-4-5-13-7-11(10)15-8-9-3-1-2-6-14-9/h4-5,7,9H,1-3,6,8H2. The van der Waals surface area contributed by atoms with E-state index in [2.05, 4.69) is 20.9 Å². The third-order valence-electron chi connectivity index (χ3n) is 2.43. The molecular formula is C11H14BrNO2. The topological polar surface area (TPSA) is 31.4 Å². The number of halogens is 1. The number of rotatable bonds is 3. The first-order chi connectivity index (χ1) is 7.36. The van der Waals surface area contributed by atoms with Gasteiger partial charge >= 0.3 is 0 Å². The van der Waals surface area contributed by atoms with Gasteiger partial charge in [-0.05, 0) is 41.3 Å². The smallest absolute Gasteiger partial charge is 0.151 e. The second-order valence-corrected chi connectivity index (χ2v) is 4.46. The van der Waals surface area contributed by atoms with E-state index < -0.39 is 0 Å². The minimum absolute atomic E-state index is 0.242. The summed E-state index contributed by atoms with van der Waals surface area (Å²) < 4.78 is 12.2. The van der Waals surface area contributed by atoms with Crippen molar-refractivity contribution in [3.63, 3.8) is 0 Å². The molecule has 1 unspecified atom stereocenters. The molecule has 0 radical (unpaired) electrons. The Labute approximate surface area is 97.9 Å². The van der Waals surface area contributed by atoms with E-state index in [0.717, 1.165) is 23.2 Å². The Kier molecular flexibility index (Phi) is 3.97. The Hall–Kier alpha value is -0.610. The number of aromatic nitrogens is 1. The zero-order chi connectivity index (χ0) is 10.5. The first-order valence-corrected chi connectivity index (χ1v) is 5.99. The van der Waals surface area contributed by atoms with Gasteiger partial charge in [-0.2, -0.15) is 0 Å². The fraction of sp³-hybridized carbons (Fsp3) is 0.545. The molecule has 1 aliphatic heterocycles. The van der Waals surface area contributed by atoms with E-state index in [0.29, 0.717) is 6.61 Å². The molecule has 1 saturated heterocycles. The van der Waals surface area contributed by atoms with Crippen LogP contribution in [0.5, 0.6) is 5.75 Å². The fourth-order valence-corrected chi connectivity index (χ4v) is 1.93. The van der Waals surface area contributed by atoms with Gasteiger partial charge in [0.1, 0.15) is 6.61 Å². The maximum Gasteiger partial charge on any atom is 0.151 e. The summed E-state index contributed by atoms with van der Waals surface area (Å²) in [5, 5.41) is 0. The minimum atomic E-state index is 0.242. The summed E-state index contributed by atoms with van der Waals surface area (Å²) >= 11 is 3.42. The average molecular weight is 272 g/mol. The summed E-state index contributed by atoms with van der Waals surface area (Å²) in [6.07, 6.45) is 7.19. The Morgan fingerprint density at radius 3 is 3.20 bits per heavy atom. The highest BCUT2D eigenvalue weighted by atomic mass is 79.9. The predicted octanol–water partition coefficient (Wildman–Crippen LogP) is 2.79. The van der Waals surface area contributed by atoms with Crippen LogP contribution in [0, 0.1) is 0 Å². The van der Waals surface area contributed by atoms with Crippen LogP contribution < -0.4 is 4.74 Å². The van der Waals surface area contributed by atoms with Gasteiger partial charge in [0.2, 0.25) is 0 Å². The molecule has 0 bridgehead atoms. The van der Waals surface area contributed by atoms with E-state index in [4.69, 9.17) is 9.47 Å². The van der Waals surface area contributed by atoms with Crippen LogP contribution in [-0.4, -0.2) is 24.3 Å². The van der Waals surface area contributed by atoms with Gasteiger partial charge < -0.3 is 9.47 Å². The molecule has 3 nitrogen and oxygen atoms in total. The van der Waals surface area contributed by atoms with Crippen molar-refractivity contribution < 1.29 is 9.47 Å². The summed E-state index contributed by atoms with van der Waals surface area (Å²) in [4.78, 5) is 4.01. The Morgan fingerprint density at radius 2 is 2.47 bits per heavy atom. The van der Waals surface area contributed by atoms with Crippen molar-refractivity contribution in [3.05, 3.63) is 22.9 Å². The van der Waals surface area contributed by atoms with Crippen molar-refractivity contribution in [1.29, 1.82) is 0 Å². The van der Waals surface area contributed by atoms with Gasteiger partial charge in [0.25, 0.3) is 0 Å². The second-order valence-electron chi connectivity index (χ2n) is 3.61. The van der Waals surface area contributed by atoms with Crippen molar-refractivity contribution >= 4 is 15.9 Å². The summed E-state index contributed by atoms with van der Waals surface area (Å²) in [5.41, 5.74) is 0. The largest absolute Gasteiger partial charge is 0.488 e. The zero-order valence-corrected chi connectivity index (χ0v) is 10.1. The highest BCUT2D eigenvalue weighted by molar-refractivity contribution is 9.10. The Bertz CT molecular complexity index is 313. The van der Waals surface area contributed by atoms with Crippen LogP contribution in [0.1, 0.15) is 19.3 Å². The molecular weight excluding hydrogens is 258 g/mol. The first kappa shape index (κ1) is 10.9. The molecule has 1 aromatic rings. The quantitative estimate of drug-likeness (QED) is 0.847. The van der Waals surface area contributed by atoms with Crippen LogP contribution in [-0.2, 0) is 4.74 Å². The summed E-state index contributed by atoms with van der Waals surface area (Å²) in [6, 6.07) is 1.87. The maximum absolute atomic E-state index is 5.64. The molecule has 2 rings (SSSR count). The third-order valence-corrected chi connectivity index (χ3v) is 3.09. The van der Waals surface area contributed by atoms with Gasteiger partial charge in [0, 0.05) is 12.8 Å². The SMILES string of the molecule is Brc1ccncc1OCC1CCCCO1. The number of hydrogen-bond acceptors (Lipinski definition) is 3. The molecule has 0 saturated carbocycles. The van der Waals surface area contributed by atoms with Gasteiger partial charge in [-0.1, -0.05) is 0 Å². The molecule has 0 N–H and O–H groups in total. The predicted molar refractivity (Wildman–Crippen MR) is 61.0 cm³/mol. The number of ether oxygens (including phenoxy) is 2. The summed E-state index contributed by atoms with van der Waals surface area (Å²) in [5.74, 6) is 0.784. The van der Waals surface area contributed by atoms with Gasteiger partial charge in [0.15, 0.2) is 5.75 Å². The van der Waals surface area contributed by atoms with Crippen molar-refractivity contribution in [1.82, 2.24) is 4.98 Å².